The second kappa shape index (κ2) is 9.73. The maximum Gasteiger partial charge on any atom is 0.268 e. The molecule has 0 bridgehead atoms. The molecule has 10 heteroatoms. The van der Waals surface area contributed by atoms with Crippen LogP contribution in [0.15, 0.2) is 36.7 Å². The summed E-state index contributed by atoms with van der Waals surface area (Å²) >= 11 is 0. The maximum atomic E-state index is 13.6. The minimum atomic E-state index is -3.10. The fraction of sp³-hybridized carbons (Fsp3) is 0.417. The number of nitriles is 1. The van der Waals surface area contributed by atoms with Crippen LogP contribution in [0, 0.1) is 11.3 Å². The van der Waals surface area contributed by atoms with Crippen LogP contribution >= 0.6 is 0 Å². The van der Waals surface area contributed by atoms with Crippen LogP contribution < -0.4 is 5.32 Å². The van der Waals surface area contributed by atoms with Crippen LogP contribution in [0.4, 0.5) is 8.78 Å². The molecule has 34 heavy (non-hydrogen) atoms. The van der Waals surface area contributed by atoms with Gasteiger partial charge >= 0.3 is 0 Å². The van der Waals surface area contributed by atoms with Gasteiger partial charge in [0.15, 0.2) is 0 Å². The lowest BCUT2D eigenvalue weighted by Crippen LogP contribution is -2.43. The molecule has 2 aromatic rings. The van der Waals surface area contributed by atoms with Crippen LogP contribution in [0.1, 0.15) is 22.3 Å². The summed E-state index contributed by atoms with van der Waals surface area (Å²) in [5, 5.41) is 12.2. The Morgan fingerprint density at radius 2 is 2.03 bits per heavy atom. The van der Waals surface area contributed by atoms with Gasteiger partial charge in [0.1, 0.15) is 6.04 Å². The van der Waals surface area contributed by atoms with E-state index in [0.717, 1.165) is 36.6 Å². The Kier molecular flexibility index (Phi) is 6.75. The van der Waals surface area contributed by atoms with Gasteiger partial charge in [-0.2, -0.15) is 5.26 Å². The summed E-state index contributed by atoms with van der Waals surface area (Å²) in [4.78, 5) is 34.9. The first-order chi connectivity index (χ1) is 16.3. The highest BCUT2D eigenvalue weighted by Gasteiger charge is 2.47. The van der Waals surface area contributed by atoms with Crippen molar-refractivity contribution in [2.24, 2.45) is 0 Å². The van der Waals surface area contributed by atoms with Gasteiger partial charge < -0.3 is 20.0 Å². The van der Waals surface area contributed by atoms with Crippen molar-refractivity contribution in [3.63, 3.8) is 0 Å². The van der Waals surface area contributed by atoms with Gasteiger partial charge in [0.05, 0.1) is 30.2 Å². The Morgan fingerprint density at radius 3 is 2.76 bits per heavy atom. The van der Waals surface area contributed by atoms with Gasteiger partial charge in [-0.15, -0.1) is 0 Å². The third kappa shape index (κ3) is 5.31. The third-order valence-electron chi connectivity index (χ3n) is 6.17. The second-order valence-corrected chi connectivity index (χ2v) is 8.70. The van der Waals surface area contributed by atoms with Gasteiger partial charge in [-0.3, -0.25) is 14.6 Å². The molecular weight excluding hydrogens is 442 g/mol. The summed E-state index contributed by atoms with van der Waals surface area (Å²) in [5.41, 5.74) is 1.86. The van der Waals surface area contributed by atoms with E-state index in [1.54, 1.807) is 12.1 Å². The Balaban J connectivity index is 1.45. The molecule has 1 unspecified atom stereocenters. The Hall–Kier alpha value is -3.58. The number of fused-ring (bicyclic) bond motifs is 1. The largest absolute Gasteiger partial charge is 0.375 e. The van der Waals surface area contributed by atoms with Crippen molar-refractivity contribution in [2.45, 2.75) is 18.4 Å². The Labute approximate surface area is 196 Å². The van der Waals surface area contributed by atoms with Crippen molar-refractivity contribution < 1.29 is 18.4 Å². The van der Waals surface area contributed by atoms with Crippen LogP contribution in [0.25, 0.3) is 17.0 Å². The summed E-state index contributed by atoms with van der Waals surface area (Å²) < 4.78 is 27.2. The summed E-state index contributed by atoms with van der Waals surface area (Å²) in [6, 6.07) is 7.69. The average Bonchev–Trinajstić information content (AvgIpc) is 3.16. The molecule has 4 rings (SSSR count). The number of nitrogens with one attached hydrogen (secondary N) is 1. The molecule has 2 saturated heterocycles. The first-order valence-corrected chi connectivity index (χ1v) is 11.1. The molecule has 8 nitrogen and oxygen atoms in total. The predicted molar refractivity (Wildman–Crippen MR) is 123 cm³/mol. The number of likely N-dealkylation sites (N-methyl/N-ethyl adjacent to an activating group) is 1. The lowest BCUT2D eigenvalue weighted by Gasteiger charge is -2.31. The number of carbonyl (C=O) groups excluding carboxylic acids is 2. The van der Waals surface area contributed by atoms with Crippen molar-refractivity contribution in [3.8, 4) is 6.07 Å². The standard InChI is InChI=1S/C24H26F2N6O2/c1-30-8-10-31(11-9-30)7-5-17-2-3-21-20(12-17)19(4-6-28-21)23(34)29-15-22(33)32-16-24(25,26)13-18(32)14-27/h2-7,12,18H,8-11,13,15-16H2,1H3,(H,29,34)/b7-5+. The van der Waals surface area contributed by atoms with Crippen LogP contribution in [0.2, 0.25) is 0 Å². The molecule has 1 N–H and O–H groups in total. The van der Waals surface area contributed by atoms with E-state index in [9.17, 15) is 18.4 Å². The number of likely N-dealkylation sites (tertiary alicyclic amines) is 1. The van der Waals surface area contributed by atoms with Crippen molar-refractivity contribution in [3.05, 3.63) is 47.8 Å². The summed E-state index contributed by atoms with van der Waals surface area (Å²) in [7, 11) is 2.10. The zero-order chi connectivity index (χ0) is 24.3. The molecule has 0 saturated carbocycles. The highest BCUT2D eigenvalue weighted by Crippen LogP contribution is 2.31. The van der Waals surface area contributed by atoms with Crippen molar-refractivity contribution >= 4 is 28.8 Å². The quantitative estimate of drug-likeness (QED) is 0.721. The van der Waals surface area contributed by atoms with Gasteiger partial charge in [-0.1, -0.05) is 6.07 Å². The molecular formula is C24H26F2N6O2. The molecule has 2 amide bonds. The van der Waals surface area contributed by atoms with Gasteiger partial charge in [0, 0.05) is 44.2 Å². The third-order valence-corrected chi connectivity index (χ3v) is 6.17. The van der Waals surface area contributed by atoms with Gasteiger partial charge in [-0.05, 0) is 43.1 Å². The van der Waals surface area contributed by atoms with Crippen molar-refractivity contribution in [1.82, 2.24) is 25.0 Å². The predicted octanol–water partition coefficient (Wildman–Crippen LogP) is 1.94. The van der Waals surface area contributed by atoms with E-state index in [4.69, 9.17) is 5.26 Å². The van der Waals surface area contributed by atoms with Crippen molar-refractivity contribution in [1.29, 1.82) is 5.26 Å². The molecule has 1 aromatic heterocycles. The van der Waals surface area contributed by atoms with Crippen LogP contribution in [-0.4, -0.2) is 89.8 Å². The minimum absolute atomic E-state index is 0.330. The number of benzene rings is 1. The van der Waals surface area contributed by atoms with Crippen LogP contribution in [0.5, 0.6) is 0 Å². The fourth-order valence-corrected chi connectivity index (χ4v) is 4.18. The highest BCUT2D eigenvalue weighted by molar-refractivity contribution is 6.07. The topological polar surface area (TPSA) is 92.6 Å². The number of rotatable bonds is 5. The van der Waals surface area contributed by atoms with E-state index in [2.05, 4.69) is 27.1 Å². The Bertz CT molecular complexity index is 1150. The number of pyridine rings is 1. The number of aromatic nitrogens is 1. The maximum absolute atomic E-state index is 13.6. The number of halogens is 2. The van der Waals surface area contributed by atoms with E-state index in [0.29, 0.717) is 16.5 Å². The number of piperazine rings is 1. The molecule has 2 aliphatic rings. The molecule has 178 valence electrons. The lowest BCUT2D eigenvalue weighted by atomic mass is 10.1. The first-order valence-electron chi connectivity index (χ1n) is 11.1. The molecule has 2 fully saturated rings. The smallest absolute Gasteiger partial charge is 0.268 e. The van der Waals surface area contributed by atoms with E-state index < -0.39 is 43.3 Å². The molecule has 0 spiro atoms. The van der Waals surface area contributed by atoms with Crippen molar-refractivity contribution in [2.75, 3.05) is 46.3 Å². The van der Waals surface area contributed by atoms with Gasteiger partial charge in [0.2, 0.25) is 5.91 Å². The first kappa shape index (κ1) is 23.6. The van der Waals surface area contributed by atoms with Gasteiger partial charge in [-0.25, -0.2) is 8.78 Å². The molecule has 2 aliphatic heterocycles. The van der Waals surface area contributed by atoms with Crippen LogP contribution in [-0.2, 0) is 4.79 Å². The molecule has 3 heterocycles. The zero-order valence-corrected chi connectivity index (χ0v) is 18.9. The number of carbonyl (C=O) groups is 2. The number of hydrogen-bond donors (Lipinski definition) is 1. The number of nitrogens with zero attached hydrogens (tertiary/aromatic N) is 5. The van der Waals surface area contributed by atoms with E-state index in [1.807, 2.05) is 30.5 Å². The van der Waals surface area contributed by atoms with E-state index >= 15 is 0 Å². The number of amides is 2. The van der Waals surface area contributed by atoms with Gasteiger partial charge in [0.25, 0.3) is 11.8 Å². The molecule has 0 aliphatic carbocycles. The normalized spacial score (nSPS) is 20.6. The fourth-order valence-electron chi connectivity index (χ4n) is 4.18. The highest BCUT2D eigenvalue weighted by atomic mass is 19.3. The lowest BCUT2D eigenvalue weighted by molar-refractivity contribution is -0.131. The van der Waals surface area contributed by atoms with Crippen LogP contribution in [0.3, 0.4) is 0 Å². The minimum Gasteiger partial charge on any atom is -0.375 e. The summed E-state index contributed by atoms with van der Waals surface area (Å²) in [5.74, 6) is -4.33. The Morgan fingerprint density at radius 1 is 1.26 bits per heavy atom. The summed E-state index contributed by atoms with van der Waals surface area (Å²) in [6.45, 7) is 2.60. The molecule has 1 atom stereocenters. The monoisotopic (exact) mass is 468 g/mol. The zero-order valence-electron chi connectivity index (χ0n) is 18.9. The SMILES string of the molecule is CN1CCN(/C=C/c2ccc3nccc(C(=O)NCC(=O)N4CC(F)(F)CC4C#N)c3c2)CC1. The number of alkyl halides is 2. The molecule has 0 radical (unpaired) electrons. The van der Waals surface area contributed by atoms with E-state index in [-0.39, 0.29) is 0 Å². The summed E-state index contributed by atoms with van der Waals surface area (Å²) in [6.07, 6.45) is 4.84. The average molecular weight is 469 g/mol. The second-order valence-electron chi connectivity index (χ2n) is 8.70. The van der Waals surface area contributed by atoms with E-state index in [1.165, 1.54) is 6.20 Å². The molecule has 1 aromatic carbocycles. The number of hydrogen-bond acceptors (Lipinski definition) is 6.